The fourth-order valence-electron chi connectivity index (χ4n) is 3.16. The van der Waals surface area contributed by atoms with Crippen LogP contribution in [0.5, 0.6) is 11.5 Å². The first-order valence-electron chi connectivity index (χ1n) is 9.84. The van der Waals surface area contributed by atoms with Gasteiger partial charge in [0.2, 0.25) is 0 Å². The van der Waals surface area contributed by atoms with Crippen molar-refractivity contribution in [2.75, 3.05) is 27.4 Å². The minimum Gasteiger partial charge on any atom is -0.490 e. The molecule has 1 heterocycles. The molecule has 170 valence electrons. The molecule has 0 aliphatic carbocycles. The van der Waals surface area contributed by atoms with E-state index in [1.54, 1.807) is 36.4 Å². The molecule has 0 saturated heterocycles. The van der Waals surface area contributed by atoms with Crippen LogP contribution in [-0.4, -0.2) is 49.2 Å². The molecular weight excluding hydrogens is 492 g/mol. The summed E-state index contributed by atoms with van der Waals surface area (Å²) in [6, 6.07) is 12.2. The van der Waals surface area contributed by atoms with Crippen LogP contribution in [0.15, 0.2) is 46.9 Å². The van der Waals surface area contributed by atoms with Gasteiger partial charge in [-0.25, -0.2) is 14.3 Å². The van der Waals surface area contributed by atoms with E-state index in [4.69, 9.17) is 25.4 Å². The molecule has 33 heavy (non-hydrogen) atoms. The number of ether oxygens (including phenoxy) is 4. The summed E-state index contributed by atoms with van der Waals surface area (Å²) in [4.78, 5) is 25.6. The Morgan fingerprint density at radius 1 is 1.06 bits per heavy atom. The number of para-hydroxylation sites is 1. The topological polar surface area (TPSA) is 88.9 Å². The summed E-state index contributed by atoms with van der Waals surface area (Å²) in [6.07, 6.45) is 5.31. The first-order valence-corrected chi connectivity index (χ1v) is 10.6. The van der Waals surface area contributed by atoms with Gasteiger partial charge in [0.05, 0.1) is 26.5 Å². The third-order valence-electron chi connectivity index (χ3n) is 4.55. The Morgan fingerprint density at radius 3 is 2.33 bits per heavy atom. The predicted molar refractivity (Wildman–Crippen MR) is 125 cm³/mol. The van der Waals surface area contributed by atoms with Crippen LogP contribution >= 0.6 is 15.9 Å². The van der Waals surface area contributed by atoms with Crippen LogP contribution in [0.25, 0.3) is 16.9 Å². The minimum atomic E-state index is -0.745. The van der Waals surface area contributed by atoms with Crippen molar-refractivity contribution in [2.45, 2.75) is 6.92 Å². The lowest BCUT2D eigenvalue weighted by atomic mass is 10.0. The highest BCUT2D eigenvalue weighted by Gasteiger charge is 2.32. The Bertz CT molecular complexity index is 1210. The van der Waals surface area contributed by atoms with Gasteiger partial charge in [0.25, 0.3) is 0 Å². The van der Waals surface area contributed by atoms with Gasteiger partial charge in [-0.1, -0.05) is 24.1 Å². The van der Waals surface area contributed by atoms with Crippen molar-refractivity contribution in [2.24, 2.45) is 0 Å². The molecule has 0 spiro atoms. The summed E-state index contributed by atoms with van der Waals surface area (Å²) >= 11 is 3.51. The first-order chi connectivity index (χ1) is 16.0. The molecule has 0 bridgehead atoms. The van der Waals surface area contributed by atoms with Crippen molar-refractivity contribution in [1.82, 2.24) is 9.78 Å². The van der Waals surface area contributed by atoms with Gasteiger partial charge in [-0.3, -0.25) is 0 Å². The Balaban J connectivity index is 2.34. The lowest BCUT2D eigenvalue weighted by Gasteiger charge is -2.13. The van der Waals surface area contributed by atoms with Gasteiger partial charge >= 0.3 is 11.9 Å². The molecule has 3 aromatic rings. The normalized spacial score (nSPS) is 10.3. The maximum Gasteiger partial charge on any atom is 0.357 e. The monoisotopic (exact) mass is 512 g/mol. The molecule has 0 N–H and O–H groups in total. The van der Waals surface area contributed by atoms with E-state index in [1.165, 1.54) is 18.9 Å². The summed E-state index contributed by atoms with van der Waals surface area (Å²) in [7, 11) is 2.45. The summed E-state index contributed by atoms with van der Waals surface area (Å²) in [5, 5.41) is 4.60. The van der Waals surface area contributed by atoms with Gasteiger partial charge in [0.15, 0.2) is 17.2 Å². The number of carbonyl (C=O) groups is 2. The van der Waals surface area contributed by atoms with Crippen molar-refractivity contribution in [3.63, 3.8) is 0 Å². The second-order valence-corrected chi connectivity index (χ2v) is 7.36. The number of halogens is 1. The highest BCUT2D eigenvalue weighted by Crippen LogP contribution is 2.41. The van der Waals surface area contributed by atoms with E-state index in [2.05, 4.69) is 26.9 Å². The van der Waals surface area contributed by atoms with Crippen molar-refractivity contribution in [3.05, 3.63) is 58.2 Å². The number of rotatable bonds is 8. The molecule has 0 amide bonds. The number of aromatic nitrogens is 2. The number of nitrogens with zero attached hydrogens (tertiary/aromatic N) is 2. The third kappa shape index (κ3) is 4.86. The molecule has 0 fully saturated rings. The Kier molecular flexibility index (Phi) is 7.74. The number of hydrogen-bond acceptors (Lipinski definition) is 7. The van der Waals surface area contributed by atoms with Gasteiger partial charge in [-0.05, 0) is 47.1 Å². The minimum absolute atomic E-state index is 0.0476. The Morgan fingerprint density at radius 2 is 1.73 bits per heavy atom. The van der Waals surface area contributed by atoms with Crippen LogP contribution in [0.4, 0.5) is 0 Å². The summed E-state index contributed by atoms with van der Waals surface area (Å²) < 4.78 is 23.1. The zero-order valence-corrected chi connectivity index (χ0v) is 19.8. The molecule has 0 radical (unpaired) electrons. The number of terminal acetylenes is 1. The van der Waals surface area contributed by atoms with E-state index in [1.807, 2.05) is 13.0 Å². The van der Waals surface area contributed by atoms with Crippen LogP contribution in [-0.2, 0) is 9.47 Å². The average molecular weight is 513 g/mol. The number of carbonyl (C=O) groups excluding carboxylic acids is 2. The summed E-state index contributed by atoms with van der Waals surface area (Å²) in [5.74, 6) is 1.74. The van der Waals surface area contributed by atoms with E-state index in [0.29, 0.717) is 33.8 Å². The second kappa shape index (κ2) is 10.7. The van der Waals surface area contributed by atoms with Gasteiger partial charge in [-0.15, -0.1) is 6.42 Å². The molecule has 1 aromatic heterocycles. The SMILES string of the molecule is C#CCOc1cc(Br)c(-c2nn(-c3ccccc3)c(C(=O)OC)c2C(=O)OC)cc1OCC. The molecule has 0 aliphatic rings. The average Bonchev–Trinajstić information content (AvgIpc) is 3.24. The largest absolute Gasteiger partial charge is 0.490 e. The first kappa shape index (κ1) is 23.9. The number of methoxy groups -OCH3 is 2. The highest BCUT2D eigenvalue weighted by molar-refractivity contribution is 9.10. The molecule has 0 saturated carbocycles. The van der Waals surface area contributed by atoms with Crippen LogP contribution in [0.1, 0.15) is 27.8 Å². The lowest BCUT2D eigenvalue weighted by Crippen LogP contribution is -2.15. The van der Waals surface area contributed by atoms with Crippen LogP contribution in [0.2, 0.25) is 0 Å². The van der Waals surface area contributed by atoms with Gasteiger partial charge < -0.3 is 18.9 Å². The maximum absolute atomic E-state index is 12.8. The highest BCUT2D eigenvalue weighted by atomic mass is 79.9. The maximum atomic E-state index is 12.8. The molecule has 0 aliphatic heterocycles. The van der Waals surface area contributed by atoms with Crippen molar-refractivity contribution >= 4 is 27.9 Å². The summed E-state index contributed by atoms with van der Waals surface area (Å²) in [6.45, 7) is 2.24. The fourth-order valence-corrected chi connectivity index (χ4v) is 3.67. The standard InChI is InChI=1S/C24H21BrN2O6/c1-5-12-33-19-14-17(25)16(13-18(19)32-6-2)21-20(23(28)30-3)22(24(29)31-4)27(26-21)15-10-8-7-9-11-15/h1,7-11,13-14H,6,12H2,2-4H3. The third-order valence-corrected chi connectivity index (χ3v) is 5.21. The molecule has 9 heteroatoms. The molecule has 0 atom stereocenters. The fraction of sp³-hybridized carbons (Fsp3) is 0.208. The van der Waals surface area contributed by atoms with Gasteiger partial charge in [0.1, 0.15) is 17.9 Å². The van der Waals surface area contributed by atoms with E-state index in [0.717, 1.165) is 0 Å². The Labute approximate surface area is 199 Å². The predicted octanol–water partition coefficient (Wildman–Crippen LogP) is 4.29. The van der Waals surface area contributed by atoms with Crippen molar-refractivity contribution in [3.8, 4) is 40.8 Å². The molecule has 0 unspecified atom stereocenters. The molecule has 3 rings (SSSR count). The van der Waals surface area contributed by atoms with Gasteiger partial charge in [-0.2, -0.15) is 5.10 Å². The zero-order chi connectivity index (χ0) is 24.0. The molecule has 8 nitrogen and oxygen atoms in total. The van der Waals surface area contributed by atoms with Crippen LogP contribution in [0, 0.1) is 12.3 Å². The number of esters is 2. The Hall–Kier alpha value is -3.77. The quantitative estimate of drug-likeness (QED) is 0.328. The van der Waals surface area contributed by atoms with Crippen LogP contribution in [0.3, 0.4) is 0 Å². The number of hydrogen-bond donors (Lipinski definition) is 0. The van der Waals surface area contributed by atoms with Gasteiger partial charge in [0, 0.05) is 10.0 Å². The zero-order valence-electron chi connectivity index (χ0n) is 18.3. The smallest absolute Gasteiger partial charge is 0.357 e. The number of benzene rings is 2. The van der Waals surface area contributed by atoms with Crippen molar-refractivity contribution in [1.29, 1.82) is 0 Å². The molecule has 2 aromatic carbocycles. The van der Waals surface area contributed by atoms with Crippen LogP contribution < -0.4 is 9.47 Å². The van der Waals surface area contributed by atoms with E-state index >= 15 is 0 Å². The lowest BCUT2D eigenvalue weighted by molar-refractivity contribution is 0.0549. The van der Waals surface area contributed by atoms with E-state index in [-0.39, 0.29) is 23.6 Å². The molecular formula is C24H21BrN2O6. The summed E-state index contributed by atoms with van der Waals surface area (Å²) in [5.41, 5.74) is 1.12. The van der Waals surface area contributed by atoms with E-state index < -0.39 is 11.9 Å². The van der Waals surface area contributed by atoms with Crippen molar-refractivity contribution < 1.29 is 28.5 Å². The second-order valence-electron chi connectivity index (χ2n) is 6.51. The van der Waals surface area contributed by atoms with E-state index in [9.17, 15) is 9.59 Å².